The number of fused-ring (bicyclic) bond motifs is 1. The molecule has 2 aromatic heterocycles. The lowest BCUT2D eigenvalue weighted by Gasteiger charge is -2.32. The van der Waals surface area contributed by atoms with Gasteiger partial charge in [0.2, 0.25) is 0 Å². The lowest BCUT2D eigenvalue weighted by Crippen LogP contribution is -2.29. The zero-order valence-corrected chi connectivity index (χ0v) is 12.4. The highest BCUT2D eigenvalue weighted by Crippen LogP contribution is 2.33. The highest BCUT2D eigenvalue weighted by molar-refractivity contribution is 5.90. The van der Waals surface area contributed by atoms with E-state index in [1.54, 1.807) is 7.05 Å². The molecule has 1 saturated heterocycles. The minimum atomic E-state index is -0.256. The Labute approximate surface area is 123 Å². The van der Waals surface area contributed by atoms with Gasteiger partial charge in [-0.15, -0.1) is 0 Å². The van der Waals surface area contributed by atoms with Crippen LogP contribution in [0.3, 0.4) is 0 Å². The second kappa shape index (κ2) is 5.73. The molecule has 0 aliphatic carbocycles. The number of hydrogen-bond acceptors (Lipinski definition) is 3. The third-order valence-corrected chi connectivity index (χ3v) is 4.15. The van der Waals surface area contributed by atoms with Crippen molar-refractivity contribution in [1.82, 2.24) is 20.2 Å². The molecule has 21 heavy (non-hydrogen) atoms. The molecule has 3 N–H and O–H groups in total. The first kappa shape index (κ1) is 13.9. The van der Waals surface area contributed by atoms with Gasteiger partial charge in [-0.3, -0.25) is 10.2 Å². The number of urea groups is 1. The first-order valence-electron chi connectivity index (χ1n) is 7.36. The number of nitrogens with one attached hydrogen (secondary N) is 3. The number of aromatic nitrogens is 2. The summed E-state index contributed by atoms with van der Waals surface area (Å²) in [4.78, 5) is 21.7. The van der Waals surface area contributed by atoms with E-state index in [1.807, 2.05) is 18.3 Å². The Morgan fingerprint density at radius 3 is 3.05 bits per heavy atom. The molecule has 1 fully saturated rings. The van der Waals surface area contributed by atoms with Crippen LogP contribution in [0.15, 0.2) is 18.3 Å². The van der Waals surface area contributed by atoms with Gasteiger partial charge in [-0.1, -0.05) is 6.42 Å². The molecule has 112 valence electrons. The first-order chi connectivity index (χ1) is 10.2. The van der Waals surface area contributed by atoms with Crippen LogP contribution in [-0.4, -0.2) is 41.5 Å². The van der Waals surface area contributed by atoms with Gasteiger partial charge in [-0.2, -0.15) is 0 Å². The topological polar surface area (TPSA) is 73.1 Å². The molecule has 6 heteroatoms. The van der Waals surface area contributed by atoms with Gasteiger partial charge in [-0.05, 0) is 38.6 Å². The number of hydrogen-bond donors (Lipinski definition) is 3. The molecule has 1 aliphatic rings. The van der Waals surface area contributed by atoms with Gasteiger partial charge in [-0.25, -0.2) is 9.78 Å². The van der Waals surface area contributed by atoms with Crippen molar-refractivity contribution in [2.24, 2.45) is 0 Å². The summed E-state index contributed by atoms with van der Waals surface area (Å²) in [6.45, 7) is 1.12. The molecule has 1 atom stereocenters. The molecule has 1 unspecified atom stereocenters. The van der Waals surface area contributed by atoms with E-state index < -0.39 is 0 Å². The van der Waals surface area contributed by atoms with E-state index in [-0.39, 0.29) is 6.03 Å². The summed E-state index contributed by atoms with van der Waals surface area (Å²) in [5, 5.41) is 5.26. The zero-order valence-electron chi connectivity index (χ0n) is 12.4. The number of anilines is 1. The number of likely N-dealkylation sites (tertiary alicyclic amines) is 1. The van der Waals surface area contributed by atoms with E-state index in [0.29, 0.717) is 11.9 Å². The number of amides is 2. The number of carbonyl (C=O) groups excluding carboxylic acids is 1. The van der Waals surface area contributed by atoms with Crippen LogP contribution in [0.5, 0.6) is 0 Å². The second-order valence-corrected chi connectivity index (χ2v) is 5.53. The highest BCUT2D eigenvalue weighted by atomic mass is 16.2. The standard InChI is InChI=1S/C15H21N5O/c1-16-15(21)19-13-7-6-11-14(18-13)10(9-17-11)12-5-3-4-8-20(12)2/h6-7,9,12,17H,3-5,8H2,1-2H3,(H2,16,18,19,21). The van der Waals surface area contributed by atoms with Crippen LogP contribution in [0.2, 0.25) is 0 Å². The molecule has 1 aliphatic heterocycles. The summed E-state index contributed by atoms with van der Waals surface area (Å²) in [5.41, 5.74) is 3.17. The smallest absolute Gasteiger partial charge is 0.320 e. The van der Waals surface area contributed by atoms with E-state index in [1.165, 1.54) is 18.4 Å². The molecular weight excluding hydrogens is 266 g/mol. The zero-order chi connectivity index (χ0) is 14.8. The predicted octanol–water partition coefficient (Wildman–Crippen LogP) is 2.47. The van der Waals surface area contributed by atoms with Crippen molar-refractivity contribution in [3.05, 3.63) is 23.9 Å². The Hall–Kier alpha value is -2.08. The molecule has 3 rings (SSSR count). The maximum atomic E-state index is 11.4. The summed E-state index contributed by atoms with van der Waals surface area (Å²) in [6.07, 6.45) is 5.70. The Kier molecular flexibility index (Phi) is 3.79. The quantitative estimate of drug-likeness (QED) is 0.794. The minimum absolute atomic E-state index is 0.256. The molecule has 0 spiro atoms. The largest absolute Gasteiger partial charge is 0.360 e. The maximum absolute atomic E-state index is 11.4. The SMILES string of the molecule is CNC(=O)Nc1ccc2[nH]cc(C3CCCCN3C)c2n1. The van der Waals surface area contributed by atoms with E-state index in [9.17, 15) is 4.79 Å². The minimum Gasteiger partial charge on any atom is -0.360 e. The number of piperidine rings is 1. The normalized spacial score (nSPS) is 19.6. The number of pyridine rings is 1. The third kappa shape index (κ3) is 2.71. The lowest BCUT2D eigenvalue weighted by atomic mass is 9.97. The summed E-state index contributed by atoms with van der Waals surface area (Å²) in [6, 6.07) is 3.91. The Bertz CT molecular complexity index is 651. The fourth-order valence-electron chi connectivity index (χ4n) is 2.99. The van der Waals surface area contributed by atoms with Gasteiger partial charge in [0.25, 0.3) is 0 Å². The van der Waals surface area contributed by atoms with Crippen LogP contribution in [0, 0.1) is 0 Å². The summed E-state index contributed by atoms with van der Waals surface area (Å²) < 4.78 is 0. The average Bonchev–Trinajstić information content (AvgIpc) is 2.90. The summed E-state index contributed by atoms with van der Waals surface area (Å²) in [5.74, 6) is 0.571. The van der Waals surface area contributed by atoms with Crippen LogP contribution in [-0.2, 0) is 0 Å². The van der Waals surface area contributed by atoms with Crippen LogP contribution in [0.4, 0.5) is 10.6 Å². The second-order valence-electron chi connectivity index (χ2n) is 5.53. The van der Waals surface area contributed by atoms with Gasteiger partial charge >= 0.3 is 6.03 Å². The molecule has 3 heterocycles. The van der Waals surface area contributed by atoms with E-state index >= 15 is 0 Å². The van der Waals surface area contributed by atoms with Gasteiger partial charge < -0.3 is 10.3 Å². The molecule has 0 saturated carbocycles. The Balaban J connectivity index is 1.95. The number of rotatable bonds is 2. The number of carbonyl (C=O) groups is 1. The monoisotopic (exact) mass is 287 g/mol. The molecule has 2 aromatic rings. The van der Waals surface area contributed by atoms with Gasteiger partial charge in [0, 0.05) is 24.8 Å². The van der Waals surface area contributed by atoms with Crippen molar-refractivity contribution in [3.63, 3.8) is 0 Å². The van der Waals surface area contributed by atoms with Crippen molar-refractivity contribution in [2.75, 3.05) is 26.0 Å². The van der Waals surface area contributed by atoms with Gasteiger partial charge in [0.15, 0.2) is 0 Å². The summed E-state index contributed by atoms with van der Waals surface area (Å²) >= 11 is 0. The first-order valence-corrected chi connectivity index (χ1v) is 7.36. The van der Waals surface area contributed by atoms with E-state index in [4.69, 9.17) is 0 Å². The molecule has 0 aromatic carbocycles. The molecular formula is C15H21N5O. The van der Waals surface area contributed by atoms with Crippen LogP contribution in [0.1, 0.15) is 30.9 Å². The highest BCUT2D eigenvalue weighted by Gasteiger charge is 2.24. The van der Waals surface area contributed by atoms with Gasteiger partial charge in [0.1, 0.15) is 5.82 Å². The van der Waals surface area contributed by atoms with Crippen molar-refractivity contribution in [1.29, 1.82) is 0 Å². The number of aromatic amines is 1. The Morgan fingerprint density at radius 2 is 2.29 bits per heavy atom. The number of nitrogens with zero attached hydrogens (tertiary/aromatic N) is 2. The van der Waals surface area contributed by atoms with E-state index in [2.05, 4.69) is 32.5 Å². The van der Waals surface area contributed by atoms with Crippen molar-refractivity contribution >= 4 is 22.9 Å². The lowest BCUT2D eigenvalue weighted by molar-refractivity contribution is 0.188. The molecule has 0 radical (unpaired) electrons. The predicted molar refractivity (Wildman–Crippen MR) is 83.4 cm³/mol. The van der Waals surface area contributed by atoms with Crippen molar-refractivity contribution in [3.8, 4) is 0 Å². The van der Waals surface area contributed by atoms with Crippen LogP contribution < -0.4 is 10.6 Å². The fourth-order valence-corrected chi connectivity index (χ4v) is 2.99. The van der Waals surface area contributed by atoms with E-state index in [0.717, 1.165) is 24.0 Å². The molecule has 0 bridgehead atoms. The van der Waals surface area contributed by atoms with Crippen LogP contribution in [0.25, 0.3) is 11.0 Å². The van der Waals surface area contributed by atoms with Crippen molar-refractivity contribution < 1.29 is 4.79 Å². The molecule has 2 amide bonds. The summed E-state index contributed by atoms with van der Waals surface area (Å²) in [7, 11) is 3.75. The van der Waals surface area contributed by atoms with Gasteiger partial charge in [0.05, 0.1) is 11.0 Å². The number of H-pyrrole nitrogens is 1. The third-order valence-electron chi connectivity index (χ3n) is 4.15. The average molecular weight is 287 g/mol. The Morgan fingerprint density at radius 1 is 1.43 bits per heavy atom. The maximum Gasteiger partial charge on any atom is 0.320 e. The molecule has 6 nitrogen and oxygen atoms in total. The van der Waals surface area contributed by atoms with Crippen LogP contribution >= 0.6 is 0 Å². The van der Waals surface area contributed by atoms with Crippen molar-refractivity contribution in [2.45, 2.75) is 25.3 Å². The fraction of sp³-hybridized carbons (Fsp3) is 0.467.